The van der Waals surface area contributed by atoms with Gasteiger partial charge in [0.25, 0.3) is 5.91 Å². The summed E-state index contributed by atoms with van der Waals surface area (Å²) in [5, 5.41) is 4.05. The predicted octanol–water partition coefficient (Wildman–Crippen LogP) is 1.70. The third-order valence-electron chi connectivity index (χ3n) is 4.33. The van der Waals surface area contributed by atoms with Crippen LogP contribution in [-0.2, 0) is 6.42 Å². The van der Waals surface area contributed by atoms with Crippen molar-refractivity contribution in [3.05, 3.63) is 65.8 Å². The van der Waals surface area contributed by atoms with Crippen LogP contribution in [0.25, 0.3) is 0 Å². The summed E-state index contributed by atoms with van der Waals surface area (Å²) in [7, 11) is 1.64. The van der Waals surface area contributed by atoms with Gasteiger partial charge in [0, 0.05) is 37.5 Å². The molecule has 0 saturated carbocycles. The van der Waals surface area contributed by atoms with E-state index in [1.807, 2.05) is 24.3 Å². The van der Waals surface area contributed by atoms with Crippen LogP contribution in [0.2, 0.25) is 0 Å². The summed E-state index contributed by atoms with van der Waals surface area (Å²) in [6.07, 6.45) is 5.04. The van der Waals surface area contributed by atoms with Crippen LogP contribution in [0.15, 0.2) is 47.4 Å². The third-order valence-corrected chi connectivity index (χ3v) is 4.33. The number of aromatic nitrogens is 4. The lowest BCUT2D eigenvalue weighted by atomic mass is 9.99. The standard InChI is InChI=1S/C18H17N5O3/c1-25-15-5-3-2-4-12(15)8-16-21-17(26-22-16)13-10-23(11-13)18(24)14-9-19-6-7-20-14/h2-7,9,13H,8,10-11H2,1H3. The van der Waals surface area contributed by atoms with Gasteiger partial charge >= 0.3 is 0 Å². The second kappa shape index (κ2) is 6.91. The SMILES string of the molecule is COc1ccccc1Cc1noc(C2CN(C(=O)c3cnccn3)C2)n1. The molecule has 8 nitrogen and oxygen atoms in total. The Labute approximate surface area is 149 Å². The van der Waals surface area contributed by atoms with Gasteiger partial charge in [0.15, 0.2) is 5.82 Å². The molecule has 1 aliphatic heterocycles. The van der Waals surface area contributed by atoms with Gasteiger partial charge in [0.2, 0.25) is 5.89 Å². The Balaban J connectivity index is 1.38. The first-order valence-corrected chi connectivity index (χ1v) is 8.24. The number of hydrogen-bond donors (Lipinski definition) is 0. The van der Waals surface area contributed by atoms with Crippen molar-refractivity contribution in [2.45, 2.75) is 12.3 Å². The second-order valence-corrected chi connectivity index (χ2v) is 6.04. The van der Waals surface area contributed by atoms with Crippen LogP contribution in [0.4, 0.5) is 0 Å². The molecule has 132 valence electrons. The Hall–Kier alpha value is -3.29. The largest absolute Gasteiger partial charge is 0.496 e. The fourth-order valence-corrected chi connectivity index (χ4v) is 2.90. The molecular weight excluding hydrogens is 334 g/mol. The Bertz CT molecular complexity index is 906. The molecule has 1 amide bonds. The molecular formula is C18H17N5O3. The van der Waals surface area contributed by atoms with Gasteiger partial charge in [0.1, 0.15) is 11.4 Å². The number of para-hydroxylation sites is 1. The van der Waals surface area contributed by atoms with Crippen LogP contribution in [0.3, 0.4) is 0 Å². The zero-order valence-electron chi connectivity index (χ0n) is 14.2. The van der Waals surface area contributed by atoms with Crippen molar-refractivity contribution >= 4 is 5.91 Å². The number of methoxy groups -OCH3 is 1. The van der Waals surface area contributed by atoms with Gasteiger partial charge in [-0.05, 0) is 6.07 Å². The average molecular weight is 351 g/mol. The van der Waals surface area contributed by atoms with Crippen LogP contribution in [-0.4, -0.2) is 51.1 Å². The van der Waals surface area contributed by atoms with E-state index in [-0.39, 0.29) is 11.8 Å². The van der Waals surface area contributed by atoms with E-state index in [0.29, 0.717) is 36.9 Å². The van der Waals surface area contributed by atoms with E-state index in [1.165, 1.54) is 18.6 Å². The fraction of sp³-hybridized carbons (Fsp3) is 0.278. The van der Waals surface area contributed by atoms with Crippen LogP contribution in [0.1, 0.15) is 33.7 Å². The minimum Gasteiger partial charge on any atom is -0.496 e. The highest BCUT2D eigenvalue weighted by Crippen LogP contribution is 2.27. The van der Waals surface area contributed by atoms with E-state index < -0.39 is 0 Å². The molecule has 4 rings (SSSR count). The van der Waals surface area contributed by atoms with Crippen LogP contribution >= 0.6 is 0 Å². The smallest absolute Gasteiger partial charge is 0.274 e. The quantitative estimate of drug-likeness (QED) is 0.690. The Morgan fingerprint density at radius 1 is 1.31 bits per heavy atom. The van der Waals surface area contributed by atoms with E-state index >= 15 is 0 Å². The highest BCUT2D eigenvalue weighted by molar-refractivity contribution is 5.92. The molecule has 1 fully saturated rings. The average Bonchev–Trinajstić information content (AvgIpc) is 3.09. The maximum Gasteiger partial charge on any atom is 0.274 e. The van der Waals surface area contributed by atoms with E-state index in [4.69, 9.17) is 9.26 Å². The lowest BCUT2D eigenvalue weighted by Crippen LogP contribution is -2.48. The number of rotatable bonds is 5. The lowest BCUT2D eigenvalue weighted by molar-refractivity contribution is 0.0562. The first kappa shape index (κ1) is 16.2. The number of likely N-dealkylation sites (tertiary alicyclic amines) is 1. The van der Waals surface area contributed by atoms with Crippen molar-refractivity contribution in [1.29, 1.82) is 0 Å². The first-order valence-electron chi connectivity index (χ1n) is 8.24. The van der Waals surface area contributed by atoms with Gasteiger partial charge in [-0.25, -0.2) is 4.98 Å². The highest BCUT2D eigenvalue weighted by Gasteiger charge is 2.36. The summed E-state index contributed by atoms with van der Waals surface area (Å²) in [6, 6.07) is 7.74. The normalized spacial score (nSPS) is 14.1. The molecule has 2 aromatic heterocycles. The first-order chi connectivity index (χ1) is 12.7. The molecule has 0 unspecified atom stereocenters. The van der Waals surface area contributed by atoms with Gasteiger partial charge < -0.3 is 14.2 Å². The lowest BCUT2D eigenvalue weighted by Gasteiger charge is -2.36. The van der Waals surface area contributed by atoms with E-state index in [2.05, 4.69) is 20.1 Å². The van der Waals surface area contributed by atoms with E-state index in [9.17, 15) is 4.79 Å². The molecule has 26 heavy (non-hydrogen) atoms. The Morgan fingerprint density at radius 3 is 2.92 bits per heavy atom. The molecule has 8 heteroatoms. The van der Waals surface area contributed by atoms with Crippen molar-refractivity contribution in [2.24, 2.45) is 0 Å². The van der Waals surface area contributed by atoms with Gasteiger partial charge in [0.05, 0.1) is 19.2 Å². The molecule has 0 radical (unpaired) electrons. The highest BCUT2D eigenvalue weighted by atomic mass is 16.5. The minimum absolute atomic E-state index is 0.0505. The summed E-state index contributed by atoms with van der Waals surface area (Å²) in [5.41, 5.74) is 1.34. The summed E-state index contributed by atoms with van der Waals surface area (Å²) in [6.45, 7) is 1.07. The number of hydrogen-bond acceptors (Lipinski definition) is 7. The maximum atomic E-state index is 12.3. The van der Waals surface area contributed by atoms with E-state index in [0.717, 1.165) is 11.3 Å². The third kappa shape index (κ3) is 3.13. The topological polar surface area (TPSA) is 94.2 Å². The van der Waals surface area contributed by atoms with Crippen LogP contribution < -0.4 is 4.74 Å². The van der Waals surface area contributed by atoms with Crippen molar-refractivity contribution in [3.8, 4) is 5.75 Å². The number of amides is 1. The number of carbonyl (C=O) groups is 1. The second-order valence-electron chi connectivity index (χ2n) is 6.04. The Kier molecular flexibility index (Phi) is 4.30. The van der Waals surface area contributed by atoms with Crippen molar-refractivity contribution in [1.82, 2.24) is 25.0 Å². The van der Waals surface area contributed by atoms with Crippen LogP contribution in [0.5, 0.6) is 5.75 Å². The molecule has 1 saturated heterocycles. The van der Waals surface area contributed by atoms with Crippen molar-refractivity contribution in [2.75, 3.05) is 20.2 Å². The molecule has 0 bridgehead atoms. The molecule has 0 N–H and O–H groups in total. The number of carbonyl (C=O) groups excluding carboxylic acids is 1. The summed E-state index contributed by atoms with van der Waals surface area (Å²) in [4.78, 5) is 26.4. The van der Waals surface area contributed by atoms with Crippen LogP contribution in [0, 0.1) is 0 Å². The number of benzene rings is 1. The summed E-state index contributed by atoms with van der Waals surface area (Å²) >= 11 is 0. The van der Waals surface area contributed by atoms with Crippen molar-refractivity contribution in [3.63, 3.8) is 0 Å². The molecule has 1 aromatic carbocycles. The molecule has 0 atom stereocenters. The number of ether oxygens (including phenoxy) is 1. The zero-order valence-corrected chi connectivity index (χ0v) is 14.2. The minimum atomic E-state index is -0.136. The maximum absolute atomic E-state index is 12.3. The molecule has 3 heterocycles. The van der Waals surface area contributed by atoms with Gasteiger partial charge in [-0.2, -0.15) is 4.98 Å². The predicted molar refractivity (Wildman–Crippen MR) is 90.8 cm³/mol. The molecule has 1 aliphatic rings. The van der Waals surface area contributed by atoms with Gasteiger partial charge in [-0.15, -0.1) is 0 Å². The zero-order chi connectivity index (χ0) is 17.9. The van der Waals surface area contributed by atoms with E-state index in [1.54, 1.807) is 12.0 Å². The van der Waals surface area contributed by atoms with Crippen molar-refractivity contribution < 1.29 is 14.1 Å². The Morgan fingerprint density at radius 2 is 2.15 bits per heavy atom. The molecule has 0 aliphatic carbocycles. The monoisotopic (exact) mass is 351 g/mol. The molecule has 0 spiro atoms. The fourth-order valence-electron chi connectivity index (χ4n) is 2.90. The summed E-state index contributed by atoms with van der Waals surface area (Å²) < 4.78 is 10.7. The van der Waals surface area contributed by atoms with Gasteiger partial charge in [-0.3, -0.25) is 9.78 Å². The van der Waals surface area contributed by atoms with Gasteiger partial charge in [-0.1, -0.05) is 23.4 Å². The molecule has 3 aromatic rings. The summed E-state index contributed by atoms with van der Waals surface area (Å²) in [5.74, 6) is 1.86. The number of nitrogens with zero attached hydrogens (tertiary/aromatic N) is 5.